The van der Waals surface area contributed by atoms with Crippen molar-refractivity contribution >= 4 is 40.7 Å². The normalized spacial score (nSPS) is 20.8. The number of thiophene rings is 1. The predicted molar refractivity (Wildman–Crippen MR) is 172 cm³/mol. The quantitative estimate of drug-likeness (QED) is 0.288. The first kappa shape index (κ1) is 36.0. The van der Waals surface area contributed by atoms with Gasteiger partial charge in [-0.25, -0.2) is 9.59 Å². The maximum Gasteiger partial charge on any atom is 0.418 e. The van der Waals surface area contributed by atoms with Gasteiger partial charge in [0.1, 0.15) is 0 Å². The lowest BCUT2D eigenvalue weighted by molar-refractivity contribution is -0.143. The van der Waals surface area contributed by atoms with E-state index in [0.717, 1.165) is 36.5 Å². The van der Waals surface area contributed by atoms with Crippen LogP contribution < -0.4 is 16.4 Å². The van der Waals surface area contributed by atoms with Crippen LogP contribution in [0.15, 0.2) is 23.6 Å². The summed E-state index contributed by atoms with van der Waals surface area (Å²) in [5.74, 6) is -0.700. The summed E-state index contributed by atoms with van der Waals surface area (Å²) in [5.41, 5.74) is 0.762. The van der Waals surface area contributed by atoms with Gasteiger partial charge in [0.2, 0.25) is 0 Å². The molecule has 2 aromatic rings. The minimum absolute atomic E-state index is 0.165. The third-order valence-corrected chi connectivity index (χ3v) is 10.9. The van der Waals surface area contributed by atoms with Gasteiger partial charge in [-0.05, 0) is 67.9 Å². The van der Waals surface area contributed by atoms with E-state index in [2.05, 4.69) is 15.5 Å². The Hall–Kier alpha value is -3.77. The van der Waals surface area contributed by atoms with Crippen LogP contribution in [0.1, 0.15) is 47.3 Å². The molecule has 3 fully saturated rings. The van der Waals surface area contributed by atoms with Crippen LogP contribution in [-0.4, -0.2) is 108 Å². The number of likely N-dealkylation sites (tertiary alicyclic amines) is 1. The number of carbonyl (C=O) groups is 3. The zero-order valence-electron chi connectivity index (χ0n) is 27.1. The number of benzene rings is 1. The Morgan fingerprint density at radius 1 is 0.900 bits per heavy atom. The molecule has 4 N–H and O–H groups in total. The van der Waals surface area contributed by atoms with E-state index in [-0.39, 0.29) is 38.3 Å². The number of piperazine rings is 1. The number of nitrogens with one attached hydrogen (secondary N) is 2. The van der Waals surface area contributed by atoms with Gasteiger partial charge in [-0.15, -0.1) is 11.3 Å². The van der Waals surface area contributed by atoms with Crippen molar-refractivity contribution in [3.8, 4) is 0 Å². The van der Waals surface area contributed by atoms with Crippen LogP contribution in [0.5, 0.6) is 0 Å². The number of halogens is 6. The SMILES string of the molecule is Nc1c(C(F)(F)F)cc(C[C@@H](OC(=O)N2CCC(N3Cc4sccc4NC3=O)CC2)C(=O)N2CCN(C3CCNCC3)CC2)cc1C(F)(F)F. The van der Waals surface area contributed by atoms with Crippen molar-refractivity contribution in [2.75, 3.05) is 63.4 Å². The minimum atomic E-state index is -5.21. The van der Waals surface area contributed by atoms with Crippen LogP contribution in [0.4, 0.5) is 47.3 Å². The summed E-state index contributed by atoms with van der Waals surface area (Å²) in [6, 6.07) is 2.69. The monoisotopic (exact) mass is 731 g/mol. The van der Waals surface area contributed by atoms with Gasteiger partial charge in [0.15, 0.2) is 6.10 Å². The van der Waals surface area contributed by atoms with Gasteiger partial charge >= 0.3 is 24.5 Å². The lowest BCUT2D eigenvalue weighted by Crippen LogP contribution is -2.56. The molecule has 4 amide bonds. The van der Waals surface area contributed by atoms with E-state index in [4.69, 9.17) is 10.5 Å². The molecule has 274 valence electrons. The van der Waals surface area contributed by atoms with E-state index in [9.17, 15) is 40.7 Å². The molecule has 11 nitrogen and oxygen atoms in total. The lowest BCUT2D eigenvalue weighted by atomic mass is 9.97. The third kappa shape index (κ3) is 7.91. The van der Waals surface area contributed by atoms with Crippen LogP contribution in [0.2, 0.25) is 0 Å². The number of anilines is 2. The van der Waals surface area contributed by atoms with Gasteiger partial charge in [-0.2, -0.15) is 26.3 Å². The fourth-order valence-corrected chi connectivity index (χ4v) is 8.04. The summed E-state index contributed by atoms with van der Waals surface area (Å²) >= 11 is 1.52. The lowest BCUT2D eigenvalue weighted by Gasteiger charge is -2.42. The summed E-state index contributed by atoms with van der Waals surface area (Å²) in [6.07, 6.45) is -11.0. The minimum Gasteiger partial charge on any atom is -0.436 e. The number of nitrogen functional groups attached to an aromatic ring is 1. The summed E-state index contributed by atoms with van der Waals surface area (Å²) in [5, 5.41) is 8.05. The molecule has 0 spiro atoms. The van der Waals surface area contributed by atoms with E-state index in [0.29, 0.717) is 50.7 Å². The average Bonchev–Trinajstić information content (AvgIpc) is 3.54. The van der Waals surface area contributed by atoms with Crippen LogP contribution >= 0.6 is 11.3 Å². The van der Waals surface area contributed by atoms with Crippen molar-refractivity contribution in [2.45, 2.75) is 69.2 Å². The fourth-order valence-electron chi connectivity index (χ4n) is 7.22. The highest BCUT2D eigenvalue weighted by molar-refractivity contribution is 7.10. The second-order valence-electron chi connectivity index (χ2n) is 13.1. The zero-order chi connectivity index (χ0) is 35.8. The first-order chi connectivity index (χ1) is 23.7. The Morgan fingerprint density at radius 3 is 2.12 bits per heavy atom. The standard InChI is InChI=1S/C32H39F6N7O4S/c33-31(34,35)22-15-19(16-23(27(22)39)32(36,37)38)17-25(28(46)43-12-10-42(11-13-43)20-1-6-40-7-2-20)49-30(48)44-8-3-21(4-9-44)45-18-26-24(5-14-50-26)41-29(45)47/h5,14-16,20-21,25,40H,1-4,6-13,17-18,39H2,(H,41,47)/t25-/m1/s1. The Kier molecular flexibility index (Phi) is 10.4. The summed E-state index contributed by atoms with van der Waals surface area (Å²) < 4.78 is 88.6. The number of alkyl halides is 6. The van der Waals surface area contributed by atoms with Crippen molar-refractivity contribution in [1.82, 2.24) is 24.9 Å². The predicted octanol–water partition coefficient (Wildman–Crippen LogP) is 4.82. The van der Waals surface area contributed by atoms with Gasteiger partial charge in [0, 0.05) is 62.7 Å². The number of urea groups is 1. The molecule has 4 aliphatic heterocycles. The van der Waals surface area contributed by atoms with Crippen molar-refractivity contribution < 1.29 is 45.5 Å². The van der Waals surface area contributed by atoms with Crippen molar-refractivity contribution in [3.63, 3.8) is 0 Å². The Morgan fingerprint density at radius 2 is 1.52 bits per heavy atom. The molecule has 0 aliphatic carbocycles. The molecule has 5 heterocycles. The highest BCUT2D eigenvalue weighted by Gasteiger charge is 2.42. The van der Waals surface area contributed by atoms with Gasteiger partial charge in [-0.1, -0.05) is 0 Å². The number of carbonyl (C=O) groups excluding carboxylic acids is 3. The molecule has 3 saturated heterocycles. The topological polar surface area (TPSA) is 123 Å². The number of hydrogen-bond donors (Lipinski definition) is 3. The van der Waals surface area contributed by atoms with Crippen molar-refractivity contribution in [3.05, 3.63) is 45.1 Å². The number of rotatable bonds is 6. The number of fused-ring (bicyclic) bond motifs is 1. The summed E-state index contributed by atoms with van der Waals surface area (Å²) in [6.45, 7) is 4.08. The number of nitrogens with zero attached hydrogens (tertiary/aromatic N) is 4. The molecular weight excluding hydrogens is 692 g/mol. The molecule has 1 atom stereocenters. The molecule has 50 heavy (non-hydrogen) atoms. The maximum atomic E-state index is 13.9. The zero-order valence-corrected chi connectivity index (χ0v) is 27.9. The van der Waals surface area contributed by atoms with Gasteiger partial charge in [0.05, 0.1) is 29.0 Å². The molecule has 0 bridgehead atoms. The summed E-state index contributed by atoms with van der Waals surface area (Å²) in [4.78, 5) is 47.9. The highest BCUT2D eigenvalue weighted by Crippen LogP contribution is 2.42. The van der Waals surface area contributed by atoms with E-state index < -0.39 is 59.3 Å². The Labute approximate surface area is 288 Å². The van der Waals surface area contributed by atoms with Crippen LogP contribution in [0, 0.1) is 0 Å². The van der Waals surface area contributed by atoms with Gasteiger partial charge in [0.25, 0.3) is 5.91 Å². The van der Waals surface area contributed by atoms with E-state index in [1.165, 1.54) is 21.1 Å². The van der Waals surface area contributed by atoms with Gasteiger partial charge < -0.3 is 35.8 Å². The van der Waals surface area contributed by atoms with Crippen molar-refractivity contribution in [1.29, 1.82) is 0 Å². The molecule has 6 rings (SSSR count). The number of ether oxygens (including phenoxy) is 1. The van der Waals surface area contributed by atoms with Gasteiger partial charge in [-0.3, -0.25) is 9.69 Å². The number of nitrogens with two attached hydrogens (primary N) is 1. The molecule has 0 saturated carbocycles. The van der Waals surface area contributed by atoms with Crippen LogP contribution in [0.3, 0.4) is 0 Å². The molecule has 4 aliphatic rings. The average molecular weight is 732 g/mol. The molecule has 0 unspecified atom stereocenters. The highest BCUT2D eigenvalue weighted by atomic mass is 32.1. The second kappa shape index (κ2) is 14.5. The van der Waals surface area contributed by atoms with E-state index >= 15 is 0 Å². The third-order valence-electron chi connectivity index (χ3n) is 9.97. The molecule has 18 heteroatoms. The molecule has 1 aromatic carbocycles. The van der Waals surface area contributed by atoms with E-state index in [1.54, 1.807) is 4.90 Å². The first-order valence-corrected chi connectivity index (χ1v) is 17.5. The number of hydrogen-bond acceptors (Lipinski definition) is 8. The first-order valence-electron chi connectivity index (χ1n) is 16.6. The smallest absolute Gasteiger partial charge is 0.418 e. The Balaban J connectivity index is 1.18. The number of amides is 4. The molecule has 0 radical (unpaired) electrons. The van der Waals surface area contributed by atoms with Crippen LogP contribution in [0.25, 0.3) is 0 Å². The Bertz CT molecular complexity index is 1530. The second-order valence-corrected chi connectivity index (χ2v) is 14.1. The number of piperidine rings is 2. The largest absolute Gasteiger partial charge is 0.436 e. The molecular formula is C32H39F6N7O4S. The summed E-state index contributed by atoms with van der Waals surface area (Å²) in [7, 11) is 0. The van der Waals surface area contributed by atoms with Crippen molar-refractivity contribution in [2.24, 2.45) is 0 Å². The molecule has 1 aromatic heterocycles. The maximum absolute atomic E-state index is 13.9. The fraction of sp³-hybridized carbons (Fsp3) is 0.594. The van der Waals surface area contributed by atoms with E-state index in [1.807, 2.05) is 11.4 Å². The van der Waals surface area contributed by atoms with Crippen LogP contribution in [-0.2, 0) is 34.8 Å².